The summed E-state index contributed by atoms with van der Waals surface area (Å²) in [7, 11) is 0. The molecule has 1 saturated carbocycles. The zero-order valence-electron chi connectivity index (χ0n) is 15.2. The summed E-state index contributed by atoms with van der Waals surface area (Å²) in [6, 6.07) is 0.841. The molecule has 1 aliphatic carbocycles. The van der Waals surface area contributed by atoms with Crippen molar-refractivity contribution >= 4 is 0 Å². The molecule has 2 fully saturated rings. The molecule has 2 nitrogen and oxygen atoms in total. The van der Waals surface area contributed by atoms with Gasteiger partial charge in [0.15, 0.2) is 0 Å². The minimum atomic E-state index is 0.464. The molecule has 0 spiro atoms. The number of nitrogens with one attached hydrogen (secondary N) is 1. The van der Waals surface area contributed by atoms with Crippen molar-refractivity contribution in [3.8, 4) is 0 Å². The van der Waals surface area contributed by atoms with E-state index in [1.54, 1.807) is 0 Å². The smallest absolute Gasteiger partial charge is 0.00684 e. The van der Waals surface area contributed by atoms with Crippen LogP contribution in [0.2, 0.25) is 0 Å². The second kappa shape index (κ2) is 7.00. The third-order valence-corrected chi connectivity index (χ3v) is 5.67. The van der Waals surface area contributed by atoms with Gasteiger partial charge in [0, 0.05) is 19.1 Å². The molecule has 1 aliphatic heterocycles. The fraction of sp³-hybridized carbons (Fsp3) is 1.00. The molecule has 2 heteroatoms. The molecule has 1 unspecified atom stereocenters. The van der Waals surface area contributed by atoms with Crippen LogP contribution in [0.1, 0.15) is 73.1 Å². The highest BCUT2D eigenvalue weighted by Crippen LogP contribution is 2.35. The molecule has 1 heterocycles. The van der Waals surface area contributed by atoms with Gasteiger partial charge in [0.2, 0.25) is 0 Å². The van der Waals surface area contributed by atoms with Crippen molar-refractivity contribution in [1.29, 1.82) is 0 Å². The maximum atomic E-state index is 3.78. The molecule has 1 atom stereocenters. The highest BCUT2D eigenvalue weighted by atomic mass is 15.1. The second-order valence-electron chi connectivity index (χ2n) is 9.13. The Hall–Kier alpha value is -0.0800. The highest BCUT2D eigenvalue weighted by Gasteiger charge is 2.33. The zero-order valence-corrected chi connectivity index (χ0v) is 15.2. The average molecular weight is 295 g/mol. The monoisotopic (exact) mass is 294 g/mol. The molecule has 0 aromatic rings. The molecular weight excluding hydrogens is 256 g/mol. The van der Waals surface area contributed by atoms with E-state index in [1.165, 1.54) is 64.7 Å². The topological polar surface area (TPSA) is 15.3 Å². The minimum absolute atomic E-state index is 0.464. The first-order chi connectivity index (χ1) is 9.82. The van der Waals surface area contributed by atoms with Crippen LogP contribution in [0, 0.1) is 16.7 Å². The number of piperidine rings is 1. The van der Waals surface area contributed by atoms with Gasteiger partial charge in [0.25, 0.3) is 0 Å². The highest BCUT2D eigenvalue weighted by molar-refractivity contribution is 4.89. The van der Waals surface area contributed by atoms with Crippen molar-refractivity contribution in [1.82, 2.24) is 10.2 Å². The van der Waals surface area contributed by atoms with Gasteiger partial charge in [-0.25, -0.2) is 0 Å². The first kappa shape index (κ1) is 17.3. The van der Waals surface area contributed by atoms with Gasteiger partial charge >= 0.3 is 0 Å². The summed E-state index contributed by atoms with van der Waals surface area (Å²) < 4.78 is 0. The van der Waals surface area contributed by atoms with Crippen LogP contribution in [-0.2, 0) is 0 Å². The van der Waals surface area contributed by atoms with E-state index in [1.807, 2.05) is 0 Å². The number of likely N-dealkylation sites (tertiary alicyclic amines) is 1. The van der Waals surface area contributed by atoms with Crippen LogP contribution in [0.15, 0.2) is 0 Å². The van der Waals surface area contributed by atoms with Gasteiger partial charge in [-0.15, -0.1) is 0 Å². The Morgan fingerprint density at radius 2 is 1.62 bits per heavy atom. The molecule has 1 saturated heterocycles. The molecule has 0 radical (unpaired) electrons. The molecule has 21 heavy (non-hydrogen) atoms. The van der Waals surface area contributed by atoms with Gasteiger partial charge in [-0.2, -0.15) is 0 Å². The summed E-state index contributed by atoms with van der Waals surface area (Å²) in [6.07, 6.45) is 8.25. The maximum Gasteiger partial charge on any atom is 0.00684 e. The van der Waals surface area contributed by atoms with Crippen LogP contribution in [0.5, 0.6) is 0 Å². The Morgan fingerprint density at radius 1 is 1.00 bits per heavy atom. The molecule has 2 aliphatic rings. The van der Waals surface area contributed by atoms with Crippen molar-refractivity contribution in [2.24, 2.45) is 16.7 Å². The fourth-order valence-corrected chi connectivity index (χ4v) is 4.00. The van der Waals surface area contributed by atoms with Gasteiger partial charge in [-0.1, -0.05) is 41.0 Å². The van der Waals surface area contributed by atoms with Gasteiger partial charge in [0.1, 0.15) is 0 Å². The van der Waals surface area contributed by atoms with Crippen LogP contribution in [0.4, 0.5) is 0 Å². The molecule has 0 bridgehead atoms. The fourth-order valence-electron chi connectivity index (χ4n) is 4.00. The molecular formula is C19H38N2. The van der Waals surface area contributed by atoms with Crippen molar-refractivity contribution in [2.45, 2.75) is 79.2 Å². The number of rotatable bonds is 7. The van der Waals surface area contributed by atoms with Crippen LogP contribution in [0.25, 0.3) is 0 Å². The van der Waals surface area contributed by atoms with Gasteiger partial charge < -0.3 is 10.2 Å². The molecule has 0 amide bonds. The summed E-state index contributed by atoms with van der Waals surface area (Å²) in [5.74, 6) is 0.913. The first-order valence-electron chi connectivity index (χ1n) is 9.28. The number of hydrogen-bond acceptors (Lipinski definition) is 2. The van der Waals surface area contributed by atoms with Crippen molar-refractivity contribution < 1.29 is 0 Å². The van der Waals surface area contributed by atoms with E-state index in [2.05, 4.69) is 44.8 Å². The van der Waals surface area contributed by atoms with E-state index in [9.17, 15) is 0 Å². The van der Waals surface area contributed by atoms with Crippen molar-refractivity contribution in [2.75, 3.05) is 26.2 Å². The van der Waals surface area contributed by atoms with Gasteiger partial charge in [-0.3, -0.25) is 0 Å². The largest absolute Gasteiger partial charge is 0.313 e. The minimum Gasteiger partial charge on any atom is -0.313 e. The van der Waals surface area contributed by atoms with Crippen LogP contribution in [0.3, 0.4) is 0 Å². The quantitative estimate of drug-likeness (QED) is 0.753. The van der Waals surface area contributed by atoms with Crippen LogP contribution in [-0.4, -0.2) is 37.1 Å². The van der Waals surface area contributed by atoms with E-state index in [0.29, 0.717) is 10.8 Å². The number of hydrogen-bond donors (Lipinski definition) is 1. The van der Waals surface area contributed by atoms with E-state index >= 15 is 0 Å². The Labute approximate surface area is 133 Å². The Balaban J connectivity index is 1.80. The predicted molar refractivity (Wildman–Crippen MR) is 92.7 cm³/mol. The molecule has 0 aromatic carbocycles. The van der Waals surface area contributed by atoms with Crippen LogP contribution >= 0.6 is 0 Å². The summed E-state index contributed by atoms with van der Waals surface area (Å²) >= 11 is 0. The second-order valence-corrected chi connectivity index (χ2v) is 9.13. The molecule has 0 aromatic heterocycles. The first-order valence-corrected chi connectivity index (χ1v) is 9.28. The van der Waals surface area contributed by atoms with E-state index in [4.69, 9.17) is 0 Å². The lowest BCUT2D eigenvalue weighted by atomic mass is 9.75. The normalized spacial score (nSPS) is 25.0. The molecule has 2 rings (SSSR count). The summed E-state index contributed by atoms with van der Waals surface area (Å²) in [5, 5.41) is 3.78. The Kier molecular flexibility index (Phi) is 5.76. The average Bonchev–Trinajstić information content (AvgIpc) is 3.20. The lowest BCUT2D eigenvalue weighted by molar-refractivity contribution is 0.0754. The van der Waals surface area contributed by atoms with E-state index < -0.39 is 0 Å². The standard InChI is InChI=1S/C19H38N2/c1-6-11-19(5,14-20-17-7-8-17)15-21-12-9-16(10-13-21)18(2,3)4/h16-17,20H,6-15H2,1-5H3. The third-order valence-electron chi connectivity index (χ3n) is 5.67. The molecule has 124 valence electrons. The third kappa shape index (κ3) is 5.56. The summed E-state index contributed by atoms with van der Waals surface area (Å²) in [6.45, 7) is 17.2. The van der Waals surface area contributed by atoms with Gasteiger partial charge in [-0.05, 0) is 61.9 Å². The lowest BCUT2D eigenvalue weighted by Crippen LogP contribution is -2.46. The zero-order chi connectivity index (χ0) is 15.5. The predicted octanol–water partition coefficient (Wildman–Crippen LogP) is 4.30. The Bertz CT molecular complexity index is 308. The van der Waals surface area contributed by atoms with E-state index in [0.717, 1.165) is 12.0 Å². The lowest BCUT2D eigenvalue weighted by Gasteiger charge is -2.42. The summed E-state index contributed by atoms with van der Waals surface area (Å²) in [4.78, 5) is 2.74. The maximum absolute atomic E-state index is 3.78. The van der Waals surface area contributed by atoms with Gasteiger partial charge in [0.05, 0.1) is 0 Å². The SMILES string of the molecule is CCCC(C)(CNC1CC1)CN1CCC(C(C)(C)C)CC1. The van der Waals surface area contributed by atoms with E-state index in [-0.39, 0.29) is 0 Å². The van der Waals surface area contributed by atoms with Crippen molar-refractivity contribution in [3.63, 3.8) is 0 Å². The Morgan fingerprint density at radius 3 is 2.10 bits per heavy atom. The van der Waals surface area contributed by atoms with Crippen LogP contribution < -0.4 is 5.32 Å². The number of nitrogens with zero attached hydrogens (tertiary/aromatic N) is 1. The van der Waals surface area contributed by atoms with Crippen molar-refractivity contribution in [3.05, 3.63) is 0 Å². The summed E-state index contributed by atoms with van der Waals surface area (Å²) in [5.41, 5.74) is 0.957. The molecule has 1 N–H and O–H groups in total.